The molecule has 0 bridgehead atoms. The van der Waals surface area contributed by atoms with Crippen LogP contribution in [0.3, 0.4) is 0 Å². The van der Waals surface area contributed by atoms with E-state index in [9.17, 15) is 0 Å². The molecule has 2 nitrogen and oxygen atoms in total. The Labute approximate surface area is 105 Å². The molecule has 0 radical (unpaired) electrons. The Kier molecular flexibility index (Phi) is 7.15. The lowest BCUT2D eigenvalue weighted by Crippen LogP contribution is -2.14. The minimum atomic E-state index is 0.792. The van der Waals surface area contributed by atoms with Crippen molar-refractivity contribution in [3.63, 3.8) is 0 Å². The van der Waals surface area contributed by atoms with Crippen molar-refractivity contribution < 1.29 is 4.74 Å². The average molecular weight is 233 g/mol. The van der Waals surface area contributed by atoms with E-state index in [-0.39, 0.29) is 0 Å². The minimum Gasteiger partial charge on any atom is -0.493 e. The second-order valence-corrected chi connectivity index (χ2v) is 3.95. The van der Waals surface area contributed by atoms with E-state index < -0.39 is 0 Å². The summed E-state index contributed by atoms with van der Waals surface area (Å²) in [7, 11) is 0. The minimum absolute atomic E-state index is 0.792. The number of rotatable bonds is 8. The molecule has 0 aliphatic carbocycles. The molecule has 0 spiro atoms. The third-order valence-electron chi connectivity index (χ3n) is 2.52. The first kappa shape index (κ1) is 13.8. The molecule has 0 heterocycles. The van der Waals surface area contributed by atoms with Crippen LogP contribution in [0.1, 0.15) is 32.3 Å². The maximum Gasteiger partial charge on any atom is 0.126 e. The van der Waals surface area contributed by atoms with E-state index in [1.807, 2.05) is 31.2 Å². The molecule has 1 N–H and O–H groups in total. The van der Waals surface area contributed by atoms with E-state index >= 15 is 0 Å². The number of unbranched alkanes of at least 4 members (excludes halogenated alkanes) is 1. The SMILES string of the molecule is CC=Cc1ccccc1OCCCCNCC. The van der Waals surface area contributed by atoms with Gasteiger partial charge < -0.3 is 10.1 Å². The molecule has 0 aliphatic rings. The number of nitrogens with one attached hydrogen (secondary N) is 1. The van der Waals surface area contributed by atoms with Crippen LogP contribution in [0.4, 0.5) is 0 Å². The number of hydrogen-bond acceptors (Lipinski definition) is 2. The van der Waals surface area contributed by atoms with Crippen LogP contribution in [0.5, 0.6) is 5.75 Å². The summed E-state index contributed by atoms with van der Waals surface area (Å²) >= 11 is 0. The lowest BCUT2D eigenvalue weighted by Gasteiger charge is -2.09. The molecule has 1 aromatic rings. The van der Waals surface area contributed by atoms with Gasteiger partial charge >= 0.3 is 0 Å². The summed E-state index contributed by atoms with van der Waals surface area (Å²) < 4.78 is 5.79. The number of para-hydroxylation sites is 1. The molecular formula is C15H23NO. The van der Waals surface area contributed by atoms with Gasteiger partial charge in [0.15, 0.2) is 0 Å². The highest BCUT2D eigenvalue weighted by atomic mass is 16.5. The molecule has 0 amide bonds. The van der Waals surface area contributed by atoms with E-state index in [0.717, 1.165) is 37.4 Å². The number of ether oxygens (including phenoxy) is 1. The van der Waals surface area contributed by atoms with Crippen molar-refractivity contribution in [2.24, 2.45) is 0 Å². The van der Waals surface area contributed by atoms with Gasteiger partial charge in [-0.1, -0.05) is 37.3 Å². The van der Waals surface area contributed by atoms with E-state index in [4.69, 9.17) is 4.74 Å². The van der Waals surface area contributed by atoms with Crippen LogP contribution in [0.2, 0.25) is 0 Å². The Morgan fingerprint density at radius 1 is 1.24 bits per heavy atom. The zero-order valence-corrected chi connectivity index (χ0v) is 10.9. The van der Waals surface area contributed by atoms with Gasteiger partial charge in [-0.2, -0.15) is 0 Å². The van der Waals surface area contributed by atoms with Crippen molar-refractivity contribution in [1.29, 1.82) is 0 Å². The Balaban J connectivity index is 2.31. The van der Waals surface area contributed by atoms with Crippen molar-refractivity contribution in [1.82, 2.24) is 5.32 Å². The van der Waals surface area contributed by atoms with Gasteiger partial charge in [0.2, 0.25) is 0 Å². The van der Waals surface area contributed by atoms with Gasteiger partial charge in [0.25, 0.3) is 0 Å². The highest BCUT2D eigenvalue weighted by Crippen LogP contribution is 2.19. The van der Waals surface area contributed by atoms with E-state index in [0.29, 0.717) is 0 Å². The number of benzene rings is 1. The second-order valence-electron chi connectivity index (χ2n) is 3.95. The van der Waals surface area contributed by atoms with Gasteiger partial charge in [0.1, 0.15) is 5.75 Å². The van der Waals surface area contributed by atoms with Crippen LogP contribution in [-0.2, 0) is 0 Å². The van der Waals surface area contributed by atoms with E-state index in [1.54, 1.807) is 0 Å². The van der Waals surface area contributed by atoms with Crippen molar-refractivity contribution >= 4 is 6.08 Å². The molecule has 0 fully saturated rings. The van der Waals surface area contributed by atoms with Crippen LogP contribution in [-0.4, -0.2) is 19.7 Å². The first-order valence-electron chi connectivity index (χ1n) is 6.43. The first-order chi connectivity index (χ1) is 8.38. The van der Waals surface area contributed by atoms with Gasteiger partial charge in [-0.15, -0.1) is 0 Å². The smallest absolute Gasteiger partial charge is 0.126 e. The maximum atomic E-state index is 5.79. The molecule has 94 valence electrons. The van der Waals surface area contributed by atoms with Crippen LogP contribution in [0, 0.1) is 0 Å². The Hall–Kier alpha value is -1.28. The molecule has 0 atom stereocenters. The number of allylic oxidation sites excluding steroid dienone is 1. The molecule has 1 aromatic carbocycles. The van der Waals surface area contributed by atoms with Gasteiger partial charge in [-0.25, -0.2) is 0 Å². The van der Waals surface area contributed by atoms with Gasteiger partial charge in [0, 0.05) is 5.56 Å². The summed E-state index contributed by atoms with van der Waals surface area (Å²) in [6.45, 7) is 7.07. The highest BCUT2D eigenvalue weighted by Gasteiger charge is 1.98. The quantitative estimate of drug-likeness (QED) is 0.694. The fourth-order valence-electron chi connectivity index (χ4n) is 1.64. The summed E-state index contributed by atoms with van der Waals surface area (Å²) in [5.41, 5.74) is 1.15. The molecular weight excluding hydrogens is 210 g/mol. The van der Waals surface area contributed by atoms with Gasteiger partial charge in [-0.05, 0) is 38.9 Å². The summed E-state index contributed by atoms with van der Waals surface area (Å²) in [4.78, 5) is 0. The summed E-state index contributed by atoms with van der Waals surface area (Å²) in [6, 6.07) is 8.15. The van der Waals surface area contributed by atoms with E-state index in [1.165, 1.54) is 6.42 Å². The van der Waals surface area contributed by atoms with Crippen molar-refractivity contribution in [2.45, 2.75) is 26.7 Å². The standard InChI is InChI=1S/C15H23NO/c1-3-9-14-10-5-6-11-15(14)17-13-8-7-12-16-4-2/h3,5-6,9-11,16H,4,7-8,12-13H2,1-2H3. The molecule has 0 saturated carbocycles. The zero-order valence-electron chi connectivity index (χ0n) is 10.9. The third-order valence-corrected chi connectivity index (χ3v) is 2.52. The van der Waals surface area contributed by atoms with Crippen LogP contribution in [0.15, 0.2) is 30.3 Å². The molecule has 0 aromatic heterocycles. The predicted octanol–water partition coefficient (Wildman–Crippen LogP) is 3.49. The first-order valence-corrected chi connectivity index (χ1v) is 6.43. The van der Waals surface area contributed by atoms with Crippen LogP contribution < -0.4 is 10.1 Å². The summed E-state index contributed by atoms with van der Waals surface area (Å²) in [5, 5.41) is 3.31. The fourth-order valence-corrected chi connectivity index (χ4v) is 1.64. The molecule has 0 saturated heterocycles. The Morgan fingerprint density at radius 3 is 2.82 bits per heavy atom. The average Bonchev–Trinajstić information content (AvgIpc) is 2.36. The summed E-state index contributed by atoms with van der Waals surface area (Å²) in [5.74, 6) is 0.981. The zero-order chi connectivity index (χ0) is 12.3. The fraction of sp³-hybridized carbons (Fsp3) is 0.467. The molecule has 1 rings (SSSR count). The topological polar surface area (TPSA) is 21.3 Å². The third kappa shape index (κ3) is 5.55. The van der Waals surface area contributed by atoms with Crippen LogP contribution >= 0.6 is 0 Å². The highest BCUT2D eigenvalue weighted by molar-refractivity contribution is 5.56. The normalized spacial score (nSPS) is 10.9. The predicted molar refractivity (Wildman–Crippen MR) is 74.4 cm³/mol. The number of hydrogen-bond donors (Lipinski definition) is 1. The molecule has 2 heteroatoms. The lowest BCUT2D eigenvalue weighted by atomic mass is 10.2. The van der Waals surface area contributed by atoms with Crippen molar-refractivity contribution in [3.05, 3.63) is 35.9 Å². The largest absolute Gasteiger partial charge is 0.493 e. The maximum absolute atomic E-state index is 5.79. The Morgan fingerprint density at radius 2 is 2.06 bits per heavy atom. The molecule has 17 heavy (non-hydrogen) atoms. The molecule has 0 unspecified atom stereocenters. The van der Waals surface area contributed by atoms with Crippen molar-refractivity contribution in [2.75, 3.05) is 19.7 Å². The monoisotopic (exact) mass is 233 g/mol. The Bertz CT molecular complexity index is 333. The lowest BCUT2D eigenvalue weighted by molar-refractivity contribution is 0.305. The summed E-state index contributed by atoms with van der Waals surface area (Å²) in [6.07, 6.45) is 6.37. The van der Waals surface area contributed by atoms with Gasteiger partial charge in [0.05, 0.1) is 6.61 Å². The van der Waals surface area contributed by atoms with Crippen molar-refractivity contribution in [3.8, 4) is 5.75 Å². The van der Waals surface area contributed by atoms with Crippen LogP contribution in [0.25, 0.3) is 6.08 Å². The second kappa shape index (κ2) is 8.82. The molecule has 0 aliphatic heterocycles. The van der Waals surface area contributed by atoms with Gasteiger partial charge in [-0.3, -0.25) is 0 Å². The van der Waals surface area contributed by atoms with E-state index in [2.05, 4.69) is 24.4 Å².